The van der Waals surface area contributed by atoms with Crippen LogP contribution in [0.1, 0.15) is 24.9 Å². The smallest absolute Gasteiger partial charge is 0.161 e. The predicted octanol–water partition coefficient (Wildman–Crippen LogP) is 2.61. The van der Waals surface area contributed by atoms with E-state index < -0.39 is 0 Å². The van der Waals surface area contributed by atoms with Gasteiger partial charge in [-0.3, -0.25) is 0 Å². The van der Waals surface area contributed by atoms with Gasteiger partial charge in [-0.05, 0) is 17.7 Å². The first-order chi connectivity index (χ1) is 8.83. The molecule has 2 atom stereocenters. The molecule has 0 saturated carbocycles. The molecule has 1 saturated heterocycles. The first-order valence-electron chi connectivity index (χ1n) is 6.57. The van der Waals surface area contributed by atoms with E-state index >= 15 is 0 Å². The summed E-state index contributed by atoms with van der Waals surface area (Å²) in [7, 11) is 0. The summed E-state index contributed by atoms with van der Waals surface area (Å²) in [5.74, 6) is 2.91. The zero-order chi connectivity index (χ0) is 12.4. The molecule has 0 radical (unpaired) electrons. The maximum absolute atomic E-state index is 5.74. The fraction of sp³-hybridized carbons (Fsp3) is 0.571. The van der Waals surface area contributed by atoms with Gasteiger partial charge in [-0.15, -0.1) is 0 Å². The number of hydrogen-bond donors (Lipinski definition) is 1. The van der Waals surface area contributed by atoms with Crippen molar-refractivity contribution in [1.29, 1.82) is 0 Å². The molecule has 1 N–H and O–H groups in total. The SMILES string of the molecule is CC1CNC(c2ccc3c(c2)OCCCO3)CS1. The zero-order valence-electron chi connectivity index (χ0n) is 10.6. The number of hydrogen-bond acceptors (Lipinski definition) is 4. The molecule has 0 spiro atoms. The normalized spacial score (nSPS) is 27.6. The third-order valence-corrected chi connectivity index (χ3v) is 4.63. The minimum Gasteiger partial charge on any atom is -0.490 e. The van der Waals surface area contributed by atoms with E-state index in [-0.39, 0.29) is 0 Å². The summed E-state index contributed by atoms with van der Waals surface area (Å²) in [6.07, 6.45) is 0.957. The van der Waals surface area contributed by atoms with Crippen LogP contribution in [0.2, 0.25) is 0 Å². The average Bonchev–Trinajstić information content (AvgIpc) is 2.64. The Bertz CT molecular complexity index is 416. The van der Waals surface area contributed by atoms with E-state index in [4.69, 9.17) is 9.47 Å². The number of ether oxygens (including phenoxy) is 2. The highest BCUT2D eigenvalue weighted by atomic mass is 32.2. The van der Waals surface area contributed by atoms with Crippen LogP contribution in [0, 0.1) is 0 Å². The lowest BCUT2D eigenvalue weighted by Gasteiger charge is -2.28. The average molecular weight is 265 g/mol. The number of rotatable bonds is 1. The van der Waals surface area contributed by atoms with Crippen molar-refractivity contribution in [3.8, 4) is 11.5 Å². The van der Waals surface area contributed by atoms with Crippen molar-refractivity contribution in [3.05, 3.63) is 23.8 Å². The van der Waals surface area contributed by atoms with Gasteiger partial charge in [-0.25, -0.2) is 0 Å². The fourth-order valence-electron chi connectivity index (χ4n) is 2.30. The summed E-state index contributed by atoms with van der Waals surface area (Å²) in [4.78, 5) is 0. The van der Waals surface area contributed by atoms with Crippen molar-refractivity contribution in [3.63, 3.8) is 0 Å². The van der Waals surface area contributed by atoms with Gasteiger partial charge < -0.3 is 14.8 Å². The van der Waals surface area contributed by atoms with E-state index in [9.17, 15) is 0 Å². The van der Waals surface area contributed by atoms with Gasteiger partial charge in [-0.1, -0.05) is 13.0 Å². The molecule has 1 aromatic rings. The minimum absolute atomic E-state index is 0.434. The van der Waals surface area contributed by atoms with Crippen LogP contribution in [-0.2, 0) is 0 Å². The lowest BCUT2D eigenvalue weighted by Crippen LogP contribution is -2.34. The molecule has 2 aliphatic rings. The van der Waals surface area contributed by atoms with Gasteiger partial charge in [0.1, 0.15) is 0 Å². The monoisotopic (exact) mass is 265 g/mol. The highest BCUT2D eigenvalue weighted by Crippen LogP contribution is 2.34. The Morgan fingerprint density at radius 3 is 2.83 bits per heavy atom. The zero-order valence-corrected chi connectivity index (χ0v) is 11.5. The Morgan fingerprint density at radius 1 is 1.22 bits per heavy atom. The van der Waals surface area contributed by atoms with Gasteiger partial charge in [0.2, 0.25) is 0 Å². The molecule has 0 bridgehead atoms. The molecule has 3 rings (SSSR count). The summed E-state index contributed by atoms with van der Waals surface area (Å²) in [5.41, 5.74) is 1.30. The van der Waals surface area contributed by atoms with Crippen LogP contribution in [0.5, 0.6) is 11.5 Å². The number of nitrogens with one attached hydrogen (secondary N) is 1. The van der Waals surface area contributed by atoms with E-state index in [0.717, 1.165) is 43.4 Å². The highest BCUT2D eigenvalue weighted by molar-refractivity contribution is 8.00. The lowest BCUT2D eigenvalue weighted by atomic mass is 10.1. The van der Waals surface area contributed by atoms with E-state index in [1.165, 1.54) is 5.56 Å². The van der Waals surface area contributed by atoms with Crippen LogP contribution >= 0.6 is 11.8 Å². The number of thioether (sulfide) groups is 1. The molecule has 0 amide bonds. The summed E-state index contributed by atoms with van der Waals surface area (Å²) >= 11 is 2.03. The Hall–Kier alpha value is -0.870. The molecule has 2 unspecified atom stereocenters. The molecule has 3 nitrogen and oxygen atoms in total. The topological polar surface area (TPSA) is 30.5 Å². The highest BCUT2D eigenvalue weighted by Gasteiger charge is 2.21. The van der Waals surface area contributed by atoms with Crippen molar-refractivity contribution in [1.82, 2.24) is 5.32 Å². The third-order valence-electron chi connectivity index (χ3n) is 3.37. The van der Waals surface area contributed by atoms with Crippen LogP contribution < -0.4 is 14.8 Å². The second-order valence-corrected chi connectivity index (χ2v) is 6.33. The molecule has 98 valence electrons. The van der Waals surface area contributed by atoms with E-state index in [1.54, 1.807) is 0 Å². The van der Waals surface area contributed by atoms with E-state index in [0.29, 0.717) is 11.3 Å². The Kier molecular flexibility index (Phi) is 3.66. The molecule has 1 fully saturated rings. The van der Waals surface area contributed by atoms with Crippen LogP contribution in [-0.4, -0.2) is 30.8 Å². The molecular weight excluding hydrogens is 246 g/mol. The standard InChI is InChI=1S/C14H19NO2S/c1-10-8-15-12(9-18-10)11-3-4-13-14(7-11)17-6-2-5-16-13/h3-4,7,10,12,15H,2,5-6,8-9H2,1H3. The summed E-state index contributed by atoms with van der Waals surface area (Å²) < 4.78 is 11.4. The maximum Gasteiger partial charge on any atom is 0.161 e. The van der Waals surface area contributed by atoms with Crippen LogP contribution in [0.3, 0.4) is 0 Å². The number of fused-ring (bicyclic) bond motifs is 1. The van der Waals surface area contributed by atoms with Crippen LogP contribution in [0.15, 0.2) is 18.2 Å². The van der Waals surface area contributed by atoms with Gasteiger partial charge in [0, 0.05) is 30.0 Å². The van der Waals surface area contributed by atoms with Gasteiger partial charge in [0.05, 0.1) is 13.2 Å². The van der Waals surface area contributed by atoms with E-state index in [2.05, 4.69) is 24.4 Å². The quantitative estimate of drug-likeness (QED) is 0.845. The van der Waals surface area contributed by atoms with Gasteiger partial charge >= 0.3 is 0 Å². The van der Waals surface area contributed by atoms with Crippen molar-refractivity contribution >= 4 is 11.8 Å². The molecule has 4 heteroatoms. The largest absolute Gasteiger partial charge is 0.490 e. The van der Waals surface area contributed by atoms with Gasteiger partial charge in [0.25, 0.3) is 0 Å². The number of benzene rings is 1. The van der Waals surface area contributed by atoms with Crippen molar-refractivity contribution in [2.75, 3.05) is 25.5 Å². The lowest BCUT2D eigenvalue weighted by molar-refractivity contribution is 0.297. The molecule has 18 heavy (non-hydrogen) atoms. The molecule has 2 aliphatic heterocycles. The second kappa shape index (κ2) is 5.41. The third kappa shape index (κ3) is 2.59. The summed E-state index contributed by atoms with van der Waals surface area (Å²) in [6, 6.07) is 6.76. The van der Waals surface area contributed by atoms with Crippen molar-refractivity contribution < 1.29 is 9.47 Å². The molecule has 0 aliphatic carbocycles. The molecule has 1 aromatic carbocycles. The van der Waals surface area contributed by atoms with Gasteiger partial charge in [-0.2, -0.15) is 11.8 Å². The summed E-state index contributed by atoms with van der Waals surface area (Å²) in [6.45, 7) is 4.84. The van der Waals surface area contributed by atoms with Gasteiger partial charge in [0.15, 0.2) is 11.5 Å². The molecule has 0 aromatic heterocycles. The van der Waals surface area contributed by atoms with Crippen LogP contribution in [0.4, 0.5) is 0 Å². The Morgan fingerprint density at radius 2 is 2.06 bits per heavy atom. The minimum atomic E-state index is 0.434. The van der Waals surface area contributed by atoms with Crippen molar-refractivity contribution in [2.24, 2.45) is 0 Å². The molecular formula is C14H19NO2S. The van der Waals surface area contributed by atoms with E-state index in [1.807, 2.05) is 17.8 Å². The Labute approximate surface area is 112 Å². The Balaban J connectivity index is 1.79. The van der Waals surface area contributed by atoms with Crippen LogP contribution in [0.25, 0.3) is 0 Å². The maximum atomic E-state index is 5.74. The fourth-order valence-corrected chi connectivity index (χ4v) is 3.34. The molecule has 2 heterocycles. The predicted molar refractivity (Wildman–Crippen MR) is 74.7 cm³/mol. The first-order valence-corrected chi connectivity index (χ1v) is 7.62. The van der Waals surface area contributed by atoms with Crippen molar-refractivity contribution in [2.45, 2.75) is 24.6 Å². The first kappa shape index (κ1) is 12.2. The second-order valence-electron chi connectivity index (χ2n) is 4.86. The summed E-state index contributed by atoms with van der Waals surface area (Å²) in [5, 5.41) is 4.30.